The number of hydrogen-bond donors (Lipinski definition) is 3. The molecule has 2 unspecified atom stereocenters. The van der Waals surface area contributed by atoms with Gasteiger partial charge in [0.1, 0.15) is 18.5 Å². The number of aliphatic carboxylic acids is 1. The number of benzene rings is 2. The molecule has 0 aliphatic carbocycles. The molecule has 5 heteroatoms. The zero-order valence-corrected chi connectivity index (χ0v) is 11.2. The van der Waals surface area contributed by atoms with Crippen LogP contribution in [0.25, 0.3) is 0 Å². The van der Waals surface area contributed by atoms with Gasteiger partial charge in [0.15, 0.2) is 6.10 Å². The fourth-order valence-electron chi connectivity index (χ4n) is 1.85. The van der Waals surface area contributed by atoms with E-state index >= 15 is 0 Å². The molecule has 0 bridgehead atoms. The van der Waals surface area contributed by atoms with Crippen LogP contribution >= 0.6 is 0 Å². The summed E-state index contributed by atoms with van der Waals surface area (Å²) in [5.41, 5.74) is 1.28. The summed E-state index contributed by atoms with van der Waals surface area (Å²) in [5.74, 6) is -0.980. The van der Waals surface area contributed by atoms with E-state index in [1.165, 1.54) is 12.1 Å². The summed E-state index contributed by atoms with van der Waals surface area (Å²) < 4.78 is 5.58. The third-order valence-corrected chi connectivity index (χ3v) is 3.00. The Morgan fingerprint density at radius 1 is 1.05 bits per heavy atom. The Morgan fingerprint density at radius 2 is 1.76 bits per heavy atom. The molecule has 0 aliphatic rings. The Hall–Kier alpha value is -2.37. The van der Waals surface area contributed by atoms with Crippen LogP contribution in [0.15, 0.2) is 54.6 Å². The fraction of sp³-hybridized carbons (Fsp3) is 0.188. The summed E-state index contributed by atoms with van der Waals surface area (Å²) in [7, 11) is 0. The molecule has 0 aliphatic heterocycles. The summed E-state index contributed by atoms with van der Waals surface area (Å²) in [5, 5.41) is 27.8. The molecule has 2 rings (SSSR count). The predicted molar refractivity (Wildman–Crippen MR) is 75.8 cm³/mol. The van der Waals surface area contributed by atoms with Crippen molar-refractivity contribution in [1.82, 2.24) is 0 Å². The molecule has 0 aromatic heterocycles. The quantitative estimate of drug-likeness (QED) is 0.753. The second-order valence-electron chi connectivity index (χ2n) is 4.57. The van der Waals surface area contributed by atoms with Gasteiger partial charge in [0.2, 0.25) is 0 Å². The zero-order valence-electron chi connectivity index (χ0n) is 11.2. The lowest BCUT2D eigenvalue weighted by Gasteiger charge is -2.15. The number of aliphatic hydroxyl groups excluding tert-OH is 2. The van der Waals surface area contributed by atoms with Crippen molar-refractivity contribution >= 4 is 5.97 Å². The molecule has 21 heavy (non-hydrogen) atoms. The maximum atomic E-state index is 10.7. The zero-order chi connectivity index (χ0) is 15.2. The van der Waals surface area contributed by atoms with E-state index in [9.17, 15) is 15.0 Å². The van der Waals surface area contributed by atoms with Gasteiger partial charge < -0.3 is 20.1 Å². The molecule has 0 radical (unpaired) electrons. The summed E-state index contributed by atoms with van der Waals surface area (Å²) in [6.07, 6.45) is -3.36. The molecule has 2 aromatic rings. The van der Waals surface area contributed by atoms with Crippen molar-refractivity contribution in [1.29, 1.82) is 0 Å². The van der Waals surface area contributed by atoms with Crippen LogP contribution in [0, 0.1) is 0 Å². The van der Waals surface area contributed by atoms with Gasteiger partial charge in [-0.25, -0.2) is 4.79 Å². The van der Waals surface area contributed by atoms with Crippen LogP contribution < -0.4 is 4.74 Å². The molecule has 0 saturated heterocycles. The van der Waals surface area contributed by atoms with Crippen LogP contribution in [0.1, 0.15) is 17.2 Å². The van der Waals surface area contributed by atoms with E-state index < -0.39 is 18.2 Å². The summed E-state index contributed by atoms with van der Waals surface area (Å²) in [6.45, 7) is 0.363. The molecule has 2 atom stereocenters. The van der Waals surface area contributed by atoms with Crippen molar-refractivity contribution in [3.05, 3.63) is 65.7 Å². The SMILES string of the molecule is O=C(O)C(O)C(O)c1cccc(OCc2ccccc2)c1. The number of carboxylic acids is 1. The van der Waals surface area contributed by atoms with Crippen LogP contribution in [0.4, 0.5) is 0 Å². The van der Waals surface area contributed by atoms with Gasteiger partial charge in [0.05, 0.1) is 0 Å². The van der Waals surface area contributed by atoms with Crippen LogP contribution in [0.5, 0.6) is 5.75 Å². The van der Waals surface area contributed by atoms with Gasteiger partial charge >= 0.3 is 5.97 Å². The maximum absolute atomic E-state index is 10.7. The second kappa shape index (κ2) is 6.88. The summed E-state index contributed by atoms with van der Waals surface area (Å²) in [6, 6.07) is 15.9. The van der Waals surface area contributed by atoms with Crippen LogP contribution in [0.3, 0.4) is 0 Å². The molecule has 0 saturated carbocycles. The second-order valence-corrected chi connectivity index (χ2v) is 4.57. The molecule has 3 N–H and O–H groups in total. The summed E-state index contributed by atoms with van der Waals surface area (Å²) >= 11 is 0. The lowest BCUT2D eigenvalue weighted by molar-refractivity contribution is -0.153. The van der Waals surface area contributed by atoms with Gasteiger partial charge in [-0.3, -0.25) is 0 Å². The highest BCUT2D eigenvalue weighted by Crippen LogP contribution is 2.22. The Bertz CT molecular complexity index is 597. The first-order chi connectivity index (χ1) is 10.1. The first-order valence-electron chi connectivity index (χ1n) is 6.43. The van der Waals surface area contributed by atoms with Gasteiger partial charge in [0, 0.05) is 0 Å². The normalized spacial score (nSPS) is 13.4. The van der Waals surface area contributed by atoms with Crippen molar-refractivity contribution in [3.8, 4) is 5.75 Å². The standard InChI is InChI=1S/C16H16O5/c17-14(15(18)16(19)20)12-7-4-8-13(9-12)21-10-11-5-2-1-3-6-11/h1-9,14-15,17-18H,10H2,(H,19,20). The minimum Gasteiger partial charge on any atom is -0.489 e. The Kier molecular flexibility index (Phi) is 4.92. The van der Waals surface area contributed by atoms with E-state index in [-0.39, 0.29) is 5.56 Å². The van der Waals surface area contributed by atoms with E-state index in [4.69, 9.17) is 9.84 Å². The Morgan fingerprint density at radius 3 is 2.43 bits per heavy atom. The number of aliphatic hydroxyl groups is 2. The first kappa shape index (κ1) is 15.0. The fourth-order valence-corrected chi connectivity index (χ4v) is 1.85. The number of ether oxygens (including phenoxy) is 1. The number of carboxylic acid groups (broad SMARTS) is 1. The van der Waals surface area contributed by atoms with Crippen molar-refractivity contribution in [2.24, 2.45) is 0 Å². The average molecular weight is 288 g/mol. The number of rotatable bonds is 6. The predicted octanol–water partition coefficient (Wildman–Crippen LogP) is 1.74. The van der Waals surface area contributed by atoms with Gasteiger partial charge in [0.25, 0.3) is 0 Å². The average Bonchev–Trinajstić information content (AvgIpc) is 2.52. The van der Waals surface area contributed by atoms with E-state index in [1.54, 1.807) is 12.1 Å². The van der Waals surface area contributed by atoms with Crippen LogP contribution in [-0.2, 0) is 11.4 Å². The van der Waals surface area contributed by atoms with E-state index in [1.807, 2.05) is 30.3 Å². The maximum Gasteiger partial charge on any atom is 0.335 e. The minimum atomic E-state index is -1.87. The minimum absolute atomic E-state index is 0.287. The van der Waals surface area contributed by atoms with Crippen LogP contribution in [0.2, 0.25) is 0 Å². The van der Waals surface area contributed by atoms with E-state index in [0.717, 1.165) is 5.56 Å². The molecular weight excluding hydrogens is 272 g/mol. The molecule has 5 nitrogen and oxygen atoms in total. The van der Waals surface area contributed by atoms with Gasteiger partial charge in [-0.1, -0.05) is 42.5 Å². The third kappa shape index (κ3) is 4.05. The highest BCUT2D eigenvalue weighted by molar-refractivity contribution is 5.73. The van der Waals surface area contributed by atoms with Crippen molar-refractivity contribution in [2.75, 3.05) is 0 Å². The lowest BCUT2D eigenvalue weighted by atomic mass is 10.0. The van der Waals surface area contributed by atoms with E-state index in [0.29, 0.717) is 12.4 Å². The first-order valence-corrected chi connectivity index (χ1v) is 6.43. The molecule has 0 spiro atoms. The largest absolute Gasteiger partial charge is 0.489 e. The van der Waals surface area contributed by atoms with Crippen molar-refractivity contribution in [3.63, 3.8) is 0 Å². The Labute approximate surface area is 122 Å². The van der Waals surface area contributed by atoms with Gasteiger partial charge in [-0.2, -0.15) is 0 Å². The molecule has 0 heterocycles. The van der Waals surface area contributed by atoms with E-state index in [2.05, 4.69) is 0 Å². The summed E-state index contributed by atoms with van der Waals surface area (Å²) in [4.78, 5) is 10.7. The smallest absolute Gasteiger partial charge is 0.335 e. The molecule has 110 valence electrons. The highest BCUT2D eigenvalue weighted by atomic mass is 16.5. The Balaban J connectivity index is 2.05. The number of hydrogen-bond acceptors (Lipinski definition) is 4. The van der Waals surface area contributed by atoms with Crippen LogP contribution in [-0.4, -0.2) is 27.4 Å². The topological polar surface area (TPSA) is 87.0 Å². The van der Waals surface area contributed by atoms with Gasteiger partial charge in [-0.05, 0) is 23.3 Å². The molecule has 2 aromatic carbocycles. The monoisotopic (exact) mass is 288 g/mol. The van der Waals surface area contributed by atoms with Crippen molar-refractivity contribution in [2.45, 2.75) is 18.8 Å². The third-order valence-electron chi connectivity index (χ3n) is 3.00. The lowest BCUT2D eigenvalue weighted by Crippen LogP contribution is -2.27. The molecule has 0 fully saturated rings. The highest BCUT2D eigenvalue weighted by Gasteiger charge is 2.25. The molecular formula is C16H16O5. The molecule has 0 amide bonds. The van der Waals surface area contributed by atoms with Crippen molar-refractivity contribution < 1.29 is 24.9 Å². The van der Waals surface area contributed by atoms with Gasteiger partial charge in [-0.15, -0.1) is 0 Å². The number of carbonyl (C=O) groups is 1.